The number of amides is 1. The molecule has 1 aliphatic heterocycles. The molecule has 0 unspecified atom stereocenters. The van der Waals surface area contributed by atoms with E-state index in [1.165, 1.54) is 25.2 Å². The second-order valence-corrected chi connectivity index (χ2v) is 8.10. The fourth-order valence-corrected chi connectivity index (χ4v) is 3.92. The van der Waals surface area contributed by atoms with Gasteiger partial charge in [0.1, 0.15) is 11.5 Å². The Hall–Kier alpha value is -3.50. The smallest absolute Gasteiger partial charge is 0.226 e. The largest absolute Gasteiger partial charge is 0.404 e. The number of hydrogen-bond acceptors (Lipinski definition) is 6. The molecule has 1 aliphatic rings. The minimum atomic E-state index is -1.30. The molecule has 2 N–H and O–H groups in total. The number of nitrogens with two attached hydrogens (primary N) is 1. The molecule has 11 heteroatoms. The highest BCUT2D eigenvalue weighted by atomic mass is 19.2. The number of allylic oxidation sites excluding steroid dienone is 1. The van der Waals surface area contributed by atoms with Gasteiger partial charge in [-0.1, -0.05) is 0 Å². The Morgan fingerprint density at radius 3 is 2.53 bits per heavy atom. The molecule has 0 bridgehead atoms. The van der Waals surface area contributed by atoms with Gasteiger partial charge in [-0.25, -0.2) is 27.5 Å². The maximum Gasteiger partial charge on any atom is 0.226 e. The van der Waals surface area contributed by atoms with Crippen molar-refractivity contribution in [1.82, 2.24) is 14.9 Å². The van der Waals surface area contributed by atoms with Gasteiger partial charge < -0.3 is 15.5 Å². The van der Waals surface area contributed by atoms with Crippen LogP contribution in [0.3, 0.4) is 0 Å². The Morgan fingerprint density at radius 2 is 1.91 bits per heavy atom. The fourth-order valence-electron chi connectivity index (χ4n) is 3.92. The Kier molecular flexibility index (Phi) is 7.85. The quantitative estimate of drug-likeness (QED) is 0.392. The van der Waals surface area contributed by atoms with E-state index in [0.717, 1.165) is 12.3 Å². The van der Waals surface area contributed by atoms with Gasteiger partial charge >= 0.3 is 0 Å². The van der Waals surface area contributed by atoms with Crippen LogP contribution in [0.4, 0.5) is 23.5 Å². The fraction of sp³-hybridized carbons (Fsp3) is 0.391. The molecule has 2 aromatic rings. The van der Waals surface area contributed by atoms with Crippen molar-refractivity contribution in [1.29, 1.82) is 0 Å². The van der Waals surface area contributed by atoms with E-state index in [1.54, 1.807) is 6.92 Å². The van der Waals surface area contributed by atoms with Gasteiger partial charge in [0.25, 0.3) is 0 Å². The standard InChI is InChI=1S/C23H26F4N6O/c1-13(10-28)20(29-2)21-18(26)11-30-23(31-21)33-6-4-14(5-7-33)22(34)32(3)12-15-8-16(24)9-17(25)19(15)27/h8-11,14H,4-7,12,28H2,1-3H3/b13-10-,29-20?. The first-order chi connectivity index (χ1) is 16.2. The van der Waals surface area contributed by atoms with Crippen molar-refractivity contribution in [2.75, 3.05) is 32.1 Å². The van der Waals surface area contributed by atoms with E-state index in [4.69, 9.17) is 5.73 Å². The lowest BCUT2D eigenvalue weighted by molar-refractivity contribution is -0.135. The summed E-state index contributed by atoms with van der Waals surface area (Å²) in [5.74, 6) is -4.32. The molecule has 1 aromatic heterocycles. The molecule has 3 rings (SSSR count). The van der Waals surface area contributed by atoms with Crippen LogP contribution in [0.25, 0.3) is 0 Å². The molecule has 0 saturated carbocycles. The van der Waals surface area contributed by atoms with Crippen molar-refractivity contribution < 1.29 is 22.4 Å². The van der Waals surface area contributed by atoms with Crippen molar-refractivity contribution in [3.63, 3.8) is 0 Å². The summed E-state index contributed by atoms with van der Waals surface area (Å²) in [4.78, 5) is 28.4. The number of aromatic nitrogens is 2. The van der Waals surface area contributed by atoms with E-state index in [1.807, 2.05) is 4.90 Å². The Labute approximate surface area is 195 Å². The van der Waals surface area contributed by atoms with Crippen LogP contribution < -0.4 is 10.6 Å². The molecule has 1 saturated heterocycles. The third kappa shape index (κ3) is 5.35. The van der Waals surface area contributed by atoms with E-state index in [9.17, 15) is 22.4 Å². The highest BCUT2D eigenvalue weighted by molar-refractivity contribution is 6.11. The van der Waals surface area contributed by atoms with Crippen LogP contribution in [0.15, 0.2) is 35.1 Å². The molecule has 182 valence electrons. The first-order valence-electron chi connectivity index (χ1n) is 10.7. The predicted octanol–water partition coefficient (Wildman–Crippen LogP) is 3.19. The first-order valence-corrected chi connectivity index (χ1v) is 10.7. The van der Waals surface area contributed by atoms with Gasteiger partial charge in [0, 0.05) is 51.3 Å². The third-order valence-corrected chi connectivity index (χ3v) is 5.78. The van der Waals surface area contributed by atoms with Gasteiger partial charge in [0.15, 0.2) is 17.5 Å². The van der Waals surface area contributed by atoms with Crippen LogP contribution in [-0.2, 0) is 11.3 Å². The van der Waals surface area contributed by atoms with E-state index in [0.29, 0.717) is 49.2 Å². The Bertz CT molecular complexity index is 1130. The number of halogens is 4. The topological polar surface area (TPSA) is 87.7 Å². The van der Waals surface area contributed by atoms with Gasteiger partial charge in [-0.05, 0) is 37.6 Å². The highest BCUT2D eigenvalue weighted by Crippen LogP contribution is 2.24. The summed E-state index contributed by atoms with van der Waals surface area (Å²) in [6.45, 7) is 2.31. The Morgan fingerprint density at radius 1 is 1.24 bits per heavy atom. The second kappa shape index (κ2) is 10.6. The molecular weight excluding hydrogens is 452 g/mol. The lowest BCUT2D eigenvalue weighted by Gasteiger charge is -2.33. The molecule has 1 fully saturated rings. The average molecular weight is 478 g/mol. The van der Waals surface area contributed by atoms with Crippen molar-refractivity contribution >= 4 is 17.6 Å². The summed E-state index contributed by atoms with van der Waals surface area (Å²) >= 11 is 0. The Balaban J connectivity index is 1.67. The molecule has 1 aromatic carbocycles. The summed E-state index contributed by atoms with van der Waals surface area (Å²) in [6.07, 6.45) is 3.30. The monoisotopic (exact) mass is 478 g/mol. The summed E-state index contributed by atoms with van der Waals surface area (Å²) in [7, 11) is 2.98. The molecule has 34 heavy (non-hydrogen) atoms. The van der Waals surface area contributed by atoms with Crippen LogP contribution in [0, 0.1) is 29.2 Å². The molecular formula is C23H26F4N6O. The zero-order valence-corrected chi connectivity index (χ0v) is 19.2. The van der Waals surface area contributed by atoms with Crippen molar-refractivity contribution in [3.05, 3.63) is 64.6 Å². The van der Waals surface area contributed by atoms with Crippen LogP contribution in [0.2, 0.25) is 0 Å². The number of carbonyl (C=O) groups is 1. The predicted molar refractivity (Wildman–Crippen MR) is 120 cm³/mol. The van der Waals surface area contributed by atoms with Gasteiger partial charge in [0.05, 0.1) is 11.9 Å². The maximum atomic E-state index is 14.4. The van der Waals surface area contributed by atoms with Crippen LogP contribution in [0.1, 0.15) is 31.0 Å². The summed E-state index contributed by atoms with van der Waals surface area (Å²) in [6, 6.07) is 1.34. The lowest BCUT2D eigenvalue weighted by Crippen LogP contribution is -2.41. The van der Waals surface area contributed by atoms with E-state index >= 15 is 0 Å². The minimum Gasteiger partial charge on any atom is -0.404 e. The van der Waals surface area contributed by atoms with Crippen LogP contribution in [-0.4, -0.2) is 53.7 Å². The first kappa shape index (κ1) is 25.1. The van der Waals surface area contributed by atoms with E-state index in [-0.39, 0.29) is 29.6 Å². The van der Waals surface area contributed by atoms with Gasteiger partial charge in [-0.3, -0.25) is 9.79 Å². The number of benzene rings is 1. The molecule has 0 aliphatic carbocycles. The number of carbonyl (C=O) groups excluding carboxylic acids is 1. The molecule has 7 nitrogen and oxygen atoms in total. The van der Waals surface area contributed by atoms with Gasteiger partial charge in [-0.2, -0.15) is 0 Å². The van der Waals surface area contributed by atoms with Gasteiger partial charge in [0.2, 0.25) is 11.9 Å². The molecule has 0 atom stereocenters. The van der Waals surface area contributed by atoms with Gasteiger partial charge in [-0.15, -0.1) is 0 Å². The molecule has 0 spiro atoms. The summed E-state index contributed by atoms with van der Waals surface area (Å²) < 4.78 is 55.2. The van der Waals surface area contributed by atoms with E-state index < -0.39 is 23.3 Å². The zero-order chi connectivity index (χ0) is 25.0. The normalized spacial score (nSPS) is 15.6. The lowest BCUT2D eigenvalue weighted by atomic mass is 9.95. The SMILES string of the molecule is CN=C(/C(C)=C\N)c1nc(N2CCC(C(=O)N(C)Cc3cc(F)cc(F)c3F)CC2)ncc1F. The average Bonchev–Trinajstić information content (AvgIpc) is 2.83. The minimum absolute atomic E-state index is 0.0361. The number of aliphatic imine (C=N–C) groups is 1. The molecule has 1 amide bonds. The van der Waals surface area contributed by atoms with Crippen LogP contribution >= 0.6 is 0 Å². The van der Waals surface area contributed by atoms with Crippen LogP contribution in [0.5, 0.6) is 0 Å². The molecule has 2 heterocycles. The highest BCUT2D eigenvalue weighted by Gasteiger charge is 2.29. The molecule has 0 radical (unpaired) electrons. The van der Waals surface area contributed by atoms with Crippen molar-refractivity contribution in [2.24, 2.45) is 16.6 Å². The number of hydrogen-bond donors (Lipinski definition) is 1. The number of piperidine rings is 1. The third-order valence-electron chi connectivity index (χ3n) is 5.78. The summed E-state index contributed by atoms with van der Waals surface area (Å²) in [5.41, 5.74) is 6.23. The van der Waals surface area contributed by atoms with Crippen molar-refractivity contribution in [3.8, 4) is 0 Å². The number of anilines is 1. The second-order valence-electron chi connectivity index (χ2n) is 8.10. The van der Waals surface area contributed by atoms with Crippen molar-refractivity contribution in [2.45, 2.75) is 26.3 Å². The van der Waals surface area contributed by atoms with E-state index in [2.05, 4.69) is 15.0 Å². The maximum absolute atomic E-state index is 14.4. The zero-order valence-electron chi connectivity index (χ0n) is 19.2. The number of rotatable bonds is 6. The summed E-state index contributed by atoms with van der Waals surface area (Å²) in [5, 5.41) is 0. The number of nitrogens with zero attached hydrogens (tertiary/aromatic N) is 5.